The topological polar surface area (TPSA) is 91.2 Å². The van der Waals surface area contributed by atoms with Gasteiger partial charge in [0, 0.05) is 25.4 Å². The van der Waals surface area contributed by atoms with Gasteiger partial charge in [-0.15, -0.1) is 0 Å². The smallest absolute Gasteiger partial charge is 0.323 e. The van der Waals surface area contributed by atoms with E-state index in [9.17, 15) is 9.59 Å². The summed E-state index contributed by atoms with van der Waals surface area (Å²) in [7, 11) is 0. The number of nitrogens with zero attached hydrogens (tertiary/aromatic N) is 3. The van der Waals surface area contributed by atoms with E-state index >= 15 is 0 Å². The summed E-state index contributed by atoms with van der Waals surface area (Å²) >= 11 is 5.07. The molecule has 1 unspecified atom stereocenters. The number of amides is 1. The number of carbonyl (C=O) groups excluding carboxylic acids is 1. The van der Waals surface area contributed by atoms with Crippen molar-refractivity contribution in [2.75, 3.05) is 6.54 Å². The van der Waals surface area contributed by atoms with Crippen molar-refractivity contribution in [3.05, 3.63) is 46.5 Å². The molecule has 1 saturated heterocycles. The van der Waals surface area contributed by atoms with Crippen molar-refractivity contribution in [1.29, 1.82) is 0 Å². The van der Waals surface area contributed by atoms with Crippen molar-refractivity contribution in [1.82, 2.24) is 19.7 Å². The average molecular weight is 332 g/mol. The number of rotatable bonds is 5. The molecule has 0 spiro atoms. The van der Waals surface area contributed by atoms with Crippen LogP contribution in [0.3, 0.4) is 0 Å². The highest BCUT2D eigenvalue weighted by Crippen LogP contribution is 2.28. The minimum atomic E-state index is -0.991. The summed E-state index contributed by atoms with van der Waals surface area (Å²) in [6.07, 6.45) is 0.312. The van der Waals surface area contributed by atoms with E-state index in [1.807, 2.05) is 30.3 Å². The van der Waals surface area contributed by atoms with Crippen LogP contribution in [-0.4, -0.2) is 43.2 Å². The molecule has 2 N–H and O–H groups in total. The molecular formula is C15H16N4O3S. The third kappa shape index (κ3) is 3.31. The largest absolute Gasteiger partial charge is 0.480 e. The van der Waals surface area contributed by atoms with Crippen molar-refractivity contribution >= 4 is 24.1 Å². The number of aromatic nitrogens is 3. The van der Waals surface area contributed by atoms with Crippen molar-refractivity contribution in [2.45, 2.75) is 25.4 Å². The number of benzene rings is 1. The first-order chi connectivity index (χ1) is 11.0. The number of H-pyrrole nitrogens is 1. The van der Waals surface area contributed by atoms with Crippen LogP contribution in [0.5, 0.6) is 0 Å². The molecule has 1 aliphatic rings. The van der Waals surface area contributed by atoms with Crippen molar-refractivity contribution in [3.8, 4) is 0 Å². The first-order valence-electron chi connectivity index (χ1n) is 7.23. The van der Waals surface area contributed by atoms with Gasteiger partial charge in [0.2, 0.25) is 5.91 Å². The van der Waals surface area contributed by atoms with Gasteiger partial charge in [0.25, 0.3) is 0 Å². The maximum Gasteiger partial charge on any atom is 0.323 e. The molecule has 0 bridgehead atoms. The van der Waals surface area contributed by atoms with Crippen LogP contribution in [0, 0.1) is 4.77 Å². The molecule has 1 aromatic heterocycles. The number of hydrogen-bond acceptors (Lipinski definition) is 4. The second-order valence-corrected chi connectivity index (χ2v) is 5.91. The van der Waals surface area contributed by atoms with Crippen LogP contribution in [-0.2, 0) is 22.7 Å². The van der Waals surface area contributed by atoms with Crippen LogP contribution in [0.2, 0.25) is 0 Å². The summed E-state index contributed by atoms with van der Waals surface area (Å²) in [5, 5.41) is 15.7. The third-order valence-corrected chi connectivity index (χ3v) is 4.19. The van der Waals surface area contributed by atoms with Crippen LogP contribution < -0.4 is 0 Å². The van der Waals surface area contributed by atoms with Gasteiger partial charge in [-0.3, -0.25) is 19.3 Å². The summed E-state index contributed by atoms with van der Waals surface area (Å²) in [4.78, 5) is 25.0. The van der Waals surface area contributed by atoms with E-state index in [0.717, 1.165) is 5.56 Å². The summed E-state index contributed by atoms with van der Waals surface area (Å²) in [5.41, 5.74) is 1.06. The lowest BCUT2D eigenvalue weighted by Gasteiger charge is -2.16. The fourth-order valence-electron chi connectivity index (χ4n) is 2.83. The molecule has 2 heterocycles. The zero-order chi connectivity index (χ0) is 16.4. The molecule has 2 aromatic rings. The minimum absolute atomic E-state index is 0.0367. The van der Waals surface area contributed by atoms with Crippen LogP contribution in [0.15, 0.2) is 30.3 Å². The number of carboxylic acids is 1. The molecule has 7 nitrogen and oxygen atoms in total. The zero-order valence-corrected chi connectivity index (χ0v) is 13.1. The van der Waals surface area contributed by atoms with Gasteiger partial charge in [-0.1, -0.05) is 30.3 Å². The normalized spacial score (nSPS) is 17.7. The number of likely N-dealkylation sites (tertiary alicyclic amines) is 1. The highest BCUT2D eigenvalue weighted by molar-refractivity contribution is 7.71. The molecular weight excluding hydrogens is 316 g/mol. The lowest BCUT2D eigenvalue weighted by Crippen LogP contribution is -2.24. The molecule has 0 aliphatic carbocycles. The van der Waals surface area contributed by atoms with E-state index in [-0.39, 0.29) is 23.1 Å². The predicted octanol–water partition coefficient (Wildman–Crippen LogP) is 1.54. The maximum atomic E-state index is 12.2. The Hall–Kier alpha value is -2.48. The Morgan fingerprint density at radius 3 is 2.83 bits per heavy atom. The van der Waals surface area contributed by atoms with Crippen LogP contribution in [0.25, 0.3) is 0 Å². The predicted molar refractivity (Wildman–Crippen MR) is 84.3 cm³/mol. The van der Waals surface area contributed by atoms with Crippen LogP contribution in [0.4, 0.5) is 0 Å². The fourth-order valence-corrected chi connectivity index (χ4v) is 3.04. The van der Waals surface area contributed by atoms with Gasteiger partial charge in [-0.2, -0.15) is 5.10 Å². The van der Waals surface area contributed by atoms with E-state index in [0.29, 0.717) is 25.3 Å². The highest BCUT2D eigenvalue weighted by Gasteiger charge is 2.33. The molecule has 120 valence electrons. The highest BCUT2D eigenvalue weighted by atomic mass is 32.1. The van der Waals surface area contributed by atoms with Crippen LogP contribution in [0.1, 0.15) is 23.7 Å². The Bertz CT molecular complexity index is 784. The third-order valence-electron chi connectivity index (χ3n) is 3.88. The average Bonchev–Trinajstić information content (AvgIpc) is 3.04. The standard InChI is InChI=1S/C15H16N4O3S/c20-12-6-11(8-18(12)7-10-4-2-1-3-5-10)14-16-17-15(23)19(14)9-13(21)22/h1-5,11H,6-9H2,(H,17,23)(H,21,22). The second kappa shape index (κ2) is 6.33. The molecule has 1 fully saturated rings. The van der Waals surface area contributed by atoms with Gasteiger partial charge >= 0.3 is 5.97 Å². The Morgan fingerprint density at radius 2 is 2.13 bits per heavy atom. The summed E-state index contributed by atoms with van der Waals surface area (Å²) in [6.45, 7) is 0.793. The van der Waals surface area contributed by atoms with Crippen molar-refractivity contribution in [3.63, 3.8) is 0 Å². The Balaban J connectivity index is 1.78. The molecule has 1 amide bonds. The van der Waals surface area contributed by atoms with E-state index in [1.165, 1.54) is 4.57 Å². The molecule has 1 atom stereocenters. The van der Waals surface area contributed by atoms with Gasteiger partial charge in [-0.25, -0.2) is 0 Å². The fraction of sp³-hybridized carbons (Fsp3) is 0.333. The first kappa shape index (κ1) is 15.4. The molecule has 1 aliphatic heterocycles. The van der Waals surface area contributed by atoms with E-state index < -0.39 is 5.97 Å². The quantitative estimate of drug-likeness (QED) is 0.811. The molecule has 1 aromatic carbocycles. The van der Waals surface area contributed by atoms with E-state index in [2.05, 4.69) is 10.2 Å². The molecule has 23 heavy (non-hydrogen) atoms. The SMILES string of the molecule is O=C(O)Cn1c(C2CC(=O)N(Cc3ccccc3)C2)n[nH]c1=S. The van der Waals surface area contributed by atoms with Gasteiger partial charge in [0.15, 0.2) is 4.77 Å². The molecule has 0 saturated carbocycles. The summed E-state index contributed by atoms with van der Waals surface area (Å²) in [5.74, 6) is -0.580. The summed E-state index contributed by atoms with van der Waals surface area (Å²) in [6, 6.07) is 9.75. The Morgan fingerprint density at radius 1 is 1.39 bits per heavy atom. The monoisotopic (exact) mass is 332 g/mol. The number of aromatic amines is 1. The van der Waals surface area contributed by atoms with Gasteiger partial charge in [0.05, 0.1) is 0 Å². The van der Waals surface area contributed by atoms with Gasteiger partial charge < -0.3 is 10.0 Å². The second-order valence-electron chi connectivity index (χ2n) is 5.53. The first-order valence-corrected chi connectivity index (χ1v) is 7.64. The number of nitrogens with one attached hydrogen (secondary N) is 1. The number of aliphatic carboxylic acids is 1. The molecule has 8 heteroatoms. The lowest BCUT2D eigenvalue weighted by atomic mass is 10.1. The van der Waals surface area contributed by atoms with Gasteiger partial charge in [0.1, 0.15) is 12.4 Å². The number of carboxylic acid groups (broad SMARTS) is 1. The molecule has 3 rings (SSSR count). The Labute approximate surface area is 137 Å². The number of carbonyl (C=O) groups is 2. The lowest BCUT2D eigenvalue weighted by molar-refractivity contribution is -0.137. The Kier molecular flexibility index (Phi) is 4.24. The van der Waals surface area contributed by atoms with E-state index in [4.69, 9.17) is 17.3 Å². The summed E-state index contributed by atoms with van der Waals surface area (Å²) < 4.78 is 1.71. The van der Waals surface area contributed by atoms with E-state index in [1.54, 1.807) is 4.90 Å². The minimum Gasteiger partial charge on any atom is -0.480 e. The number of hydrogen-bond donors (Lipinski definition) is 2. The van der Waals surface area contributed by atoms with Crippen molar-refractivity contribution < 1.29 is 14.7 Å². The molecule has 0 radical (unpaired) electrons. The maximum absolute atomic E-state index is 12.2. The van der Waals surface area contributed by atoms with Crippen molar-refractivity contribution in [2.24, 2.45) is 0 Å². The van der Waals surface area contributed by atoms with Crippen LogP contribution >= 0.6 is 12.2 Å². The van der Waals surface area contributed by atoms with Gasteiger partial charge in [-0.05, 0) is 17.8 Å². The zero-order valence-electron chi connectivity index (χ0n) is 12.3.